The van der Waals surface area contributed by atoms with Gasteiger partial charge in [0.1, 0.15) is 0 Å². The van der Waals surface area contributed by atoms with Crippen LogP contribution >= 0.6 is 0 Å². The van der Waals surface area contributed by atoms with E-state index in [2.05, 4.69) is 58.5 Å². The number of carbonyl (C=O) groups excluding carboxylic acids is 2. The molecule has 4 amide bonds. The van der Waals surface area contributed by atoms with E-state index in [-0.39, 0.29) is 24.1 Å². The van der Waals surface area contributed by atoms with E-state index in [4.69, 9.17) is 0 Å². The predicted octanol–water partition coefficient (Wildman–Crippen LogP) is 9.82. The molecule has 6 heteroatoms. The van der Waals surface area contributed by atoms with Gasteiger partial charge in [0.15, 0.2) is 0 Å². The molecule has 0 spiro atoms. The molecule has 2 aliphatic rings. The second kappa shape index (κ2) is 15.8. The normalized spacial score (nSPS) is 16.4. The number of benzene rings is 3. The van der Waals surface area contributed by atoms with Crippen LogP contribution in [-0.4, -0.2) is 33.9 Å². The lowest BCUT2D eigenvalue weighted by atomic mass is 10.0. The highest BCUT2D eigenvalue weighted by molar-refractivity contribution is 5.90. The first-order valence-electron chi connectivity index (χ1n) is 16.8. The van der Waals surface area contributed by atoms with Crippen molar-refractivity contribution in [3.8, 4) is 0 Å². The molecular formula is C38H50N4O2. The van der Waals surface area contributed by atoms with E-state index >= 15 is 0 Å². The second-order valence-electron chi connectivity index (χ2n) is 13.0. The number of amides is 4. The molecule has 0 aromatic heterocycles. The van der Waals surface area contributed by atoms with Crippen LogP contribution in [0.5, 0.6) is 0 Å². The summed E-state index contributed by atoms with van der Waals surface area (Å²) in [4.78, 5) is 31.6. The van der Waals surface area contributed by atoms with Gasteiger partial charge in [-0.3, -0.25) is 0 Å². The molecule has 6 nitrogen and oxygen atoms in total. The Hall–Kier alpha value is -3.80. The minimum absolute atomic E-state index is 0.0382. The number of carbonyl (C=O) groups is 2. The Morgan fingerprint density at radius 1 is 0.568 bits per heavy atom. The summed E-state index contributed by atoms with van der Waals surface area (Å²) in [7, 11) is 0. The maximum atomic E-state index is 13.8. The van der Waals surface area contributed by atoms with Gasteiger partial charge < -0.3 is 20.4 Å². The summed E-state index contributed by atoms with van der Waals surface area (Å²) >= 11 is 0. The summed E-state index contributed by atoms with van der Waals surface area (Å²) in [5.74, 6) is 0. The number of rotatable bonds is 8. The third kappa shape index (κ3) is 9.10. The molecule has 44 heavy (non-hydrogen) atoms. The number of hydrogen-bond donors (Lipinski definition) is 2. The molecule has 234 valence electrons. The van der Waals surface area contributed by atoms with E-state index in [9.17, 15) is 9.59 Å². The van der Waals surface area contributed by atoms with Crippen molar-refractivity contribution in [3.05, 3.63) is 95.1 Å². The van der Waals surface area contributed by atoms with Gasteiger partial charge in [-0.15, -0.1) is 0 Å². The van der Waals surface area contributed by atoms with Crippen LogP contribution in [0.3, 0.4) is 0 Å². The van der Waals surface area contributed by atoms with Gasteiger partial charge in [0.05, 0.1) is 0 Å². The van der Waals surface area contributed by atoms with Crippen LogP contribution in [0.2, 0.25) is 0 Å². The highest BCUT2D eigenvalue weighted by atomic mass is 16.2. The third-order valence-electron chi connectivity index (χ3n) is 9.36. The van der Waals surface area contributed by atoms with Gasteiger partial charge in [-0.25, -0.2) is 9.59 Å². The van der Waals surface area contributed by atoms with Crippen LogP contribution < -0.4 is 10.6 Å². The standard InChI is InChI=1S/C38H50N4O2/c1-29-18-22-33(23-19-29)39-37(43)41(35-14-7-3-4-8-15-35)27-31-12-11-13-32(26-31)28-42(36-16-9-5-6-10-17-36)38(44)40-34-24-20-30(2)21-25-34/h11-13,18-26,35-36H,3-10,14-17,27-28H2,1-2H3,(H,39,43)(H,40,44). The van der Waals surface area contributed by atoms with E-state index in [0.29, 0.717) is 13.1 Å². The Morgan fingerprint density at radius 3 is 1.30 bits per heavy atom. The lowest BCUT2D eigenvalue weighted by Crippen LogP contribution is -2.42. The molecule has 0 heterocycles. The van der Waals surface area contributed by atoms with Crippen molar-refractivity contribution in [3.63, 3.8) is 0 Å². The van der Waals surface area contributed by atoms with Crippen molar-refractivity contribution in [1.82, 2.24) is 9.80 Å². The summed E-state index contributed by atoms with van der Waals surface area (Å²) in [5.41, 5.74) is 6.20. The second-order valence-corrected chi connectivity index (χ2v) is 13.0. The Kier molecular flexibility index (Phi) is 11.3. The lowest BCUT2D eigenvalue weighted by Gasteiger charge is -2.33. The minimum Gasteiger partial charge on any atom is -0.317 e. The maximum Gasteiger partial charge on any atom is 0.322 e. The van der Waals surface area contributed by atoms with E-state index in [1.54, 1.807) is 0 Å². The van der Waals surface area contributed by atoms with E-state index < -0.39 is 0 Å². The highest BCUT2D eigenvalue weighted by Gasteiger charge is 2.27. The fourth-order valence-corrected chi connectivity index (χ4v) is 6.76. The number of aryl methyl sites for hydroxylation is 2. The molecule has 2 fully saturated rings. The topological polar surface area (TPSA) is 64.7 Å². The highest BCUT2D eigenvalue weighted by Crippen LogP contribution is 2.27. The molecular weight excluding hydrogens is 544 g/mol. The smallest absolute Gasteiger partial charge is 0.317 e. The van der Waals surface area contributed by atoms with Crippen LogP contribution in [0.15, 0.2) is 72.8 Å². The summed E-state index contributed by atoms with van der Waals surface area (Å²) in [6, 6.07) is 24.9. The van der Waals surface area contributed by atoms with Crippen LogP contribution in [-0.2, 0) is 13.1 Å². The third-order valence-corrected chi connectivity index (χ3v) is 9.36. The van der Waals surface area contributed by atoms with E-state index in [1.165, 1.54) is 36.8 Å². The molecule has 3 aromatic carbocycles. The molecule has 0 radical (unpaired) electrons. The molecule has 2 aliphatic carbocycles. The zero-order valence-corrected chi connectivity index (χ0v) is 26.7. The van der Waals surface area contributed by atoms with Crippen molar-refractivity contribution in [2.24, 2.45) is 0 Å². The molecule has 2 N–H and O–H groups in total. The molecule has 0 bridgehead atoms. The van der Waals surface area contributed by atoms with E-state index in [1.807, 2.05) is 48.5 Å². The lowest BCUT2D eigenvalue weighted by molar-refractivity contribution is 0.174. The molecule has 2 saturated carbocycles. The van der Waals surface area contributed by atoms with Gasteiger partial charge in [0.2, 0.25) is 0 Å². The molecule has 0 atom stereocenters. The molecule has 0 aliphatic heterocycles. The average Bonchev–Trinajstić information content (AvgIpc) is 3.47. The largest absolute Gasteiger partial charge is 0.322 e. The van der Waals surface area contributed by atoms with Crippen molar-refractivity contribution in [1.29, 1.82) is 0 Å². The van der Waals surface area contributed by atoms with Gasteiger partial charge >= 0.3 is 12.1 Å². The first-order valence-corrected chi connectivity index (χ1v) is 16.8. The van der Waals surface area contributed by atoms with E-state index in [0.717, 1.165) is 73.9 Å². The van der Waals surface area contributed by atoms with Gasteiger partial charge in [0.25, 0.3) is 0 Å². The molecule has 0 unspecified atom stereocenters. The first-order chi connectivity index (χ1) is 21.4. The summed E-state index contributed by atoms with van der Waals surface area (Å²) in [5, 5.41) is 6.34. The van der Waals surface area contributed by atoms with Crippen molar-refractivity contribution < 1.29 is 9.59 Å². The maximum absolute atomic E-state index is 13.8. The van der Waals surface area contributed by atoms with Crippen LogP contribution in [0, 0.1) is 13.8 Å². The number of anilines is 2. The van der Waals surface area contributed by atoms with Crippen LogP contribution in [0.4, 0.5) is 21.0 Å². The van der Waals surface area contributed by atoms with Gasteiger partial charge in [-0.05, 0) is 74.9 Å². The van der Waals surface area contributed by atoms with Gasteiger partial charge in [0, 0.05) is 36.5 Å². The number of nitrogens with zero attached hydrogens (tertiary/aromatic N) is 2. The minimum atomic E-state index is -0.0382. The van der Waals surface area contributed by atoms with Gasteiger partial charge in [-0.2, -0.15) is 0 Å². The summed E-state index contributed by atoms with van der Waals surface area (Å²) in [6.07, 6.45) is 13.7. The van der Waals surface area contributed by atoms with Crippen molar-refractivity contribution >= 4 is 23.4 Å². The summed E-state index contributed by atoms with van der Waals surface area (Å²) < 4.78 is 0. The average molecular weight is 595 g/mol. The molecule has 3 aromatic rings. The Labute approximate surface area is 264 Å². The van der Waals surface area contributed by atoms with Crippen LogP contribution in [0.1, 0.15) is 99.3 Å². The van der Waals surface area contributed by atoms with Crippen molar-refractivity contribution in [2.75, 3.05) is 10.6 Å². The Morgan fingerprint density at radius 2 is 0.932 bits per heavy atom. The fourth-order valence-electron chi connectivity index (χ4n) is 6.76. The molecule has 5 rings (SSSR count). The van der Waals surface area contributed by atoms with Crippen LogP contribution in [0.25, 0.3) is 0 Å². The zero-order chi connectivity index (χ0) is 30.7. The number of hydrogen-bond acceptors (Lipinski definition) is 2. The SMILES string of the molecule is Cc1ccc(NC(=O)N(Cc2cccc(CN(C(=O)Nc3ccc(C)cc3)C3CCCCCC3)c2)C2CCCCCC2)cc1. The zero-order valence-electron chi connectivity index (χ0n) is 26.7. The Balaban J connectivity index is 1.35. The van der Waals surface area contributed by atoms with Gasteiger partial charge in [-0.1, -0.05) is 111 Å². The summed E-state index contributed by atoms with van der Waals surface area (Å²) in [6.45, 7) is 5.21. The Bertz CT molecular complexity index is 1240. The monoisotopic (exact) mass is 594 g/mol. The predicted molar refractivity (Wildman–Crippen MR) is 181 cm³/mol. The molecule has 0 saturated heterocycles. The van der Waals surface area contributed by atoms with Crippen molar-refractivity contribution in [2.45, 2.75) is 116 Å². The quantitative estimate of drug-likeness (QED) is 0.255. The fraction of sp³-hybridized carbons (Fsp3) is 0.474. The number of nitrogens with one attached hydrogen (secondary N) is 2. The number of urea groups is 2. The first kappa shape index (κ1) is 31.6.